The van der Waals surface area contributed by atoms with E-state index in [1.54, 1.807) is 0 Å². The van der Waals surface area contributed by atoms with E-state index in [1.165, 1.54) is 12.0 Å². The molecule has 5 heteroatoms. The van der Waals surface area contributed by atoms with Crippen molar-refractivity contribution in [1.29, 1.82) is 0 Å². The van der Waals surface area contributed by atoms with E-state index in [-0.39, 0.29) is 5.91 Å². The molecule has 5 nitrogen and oxygen atoms in total. The van der Waals surface area contributed by atoms with Gasteiger partial charge in [-0.25, -0.2) is 0 Å². The van der Waals surface area contributed by atoms with Crippen molar-refractivity contribution in [2.75, 3.05) is 32.8 Å². The zero-order valence-electron chi connectivity index (χ0n) is 15.4. The third-order valence-corrected chi connectivity index (χ3v) is 5.47. The van der Waals surface area contributed by atoms with Gasteiger partial charge in [0.1, 0.15) is 5.75 Å². The summed E-state index contributed by atoms with van der Waals surface area (Å²) in [6.45, 7) is 7.00. The lowest BCUT2D eigenvalue weighted by Crippen LogP contribution is -2.60. The number of piperazine rings is 1. The standard InChI is InChI=1S/C20H31N3O2/c1-2-25-18-8-6-17(7-9-18)16-22-12-14-23(15-13-22)19(24)20(21)10-4-3-5-11-20/h6-9H,2-5,10-16,21H2,1H3. The molecule has 0 aromatic heterocycles. The lowest BCUT2D eigenvalue weighted by Gasteiger charge is -2.41. The number of nitrogens with two attached hydrogens (primary N) is 1. The molecule has 2 fully saturated rings. The van der Waals surface area contributed by atoms with Gasteiger partial charge in [0.25, 0.3) is 0 Å². The lowest BCUT2D eigenvalue weighted by molar-refractivity contribution is -0.140. The second-order valence-electron chi connectivity index (χ2n) is 7.36. The Morgan fingerprint density at radius 1 is 1.08 bits per heavy atom. The van der Waals surface area contributed by atoms with Crippen LogP contribution in [0.4, 0.5) is 0 Å². The largest absolute Gasteiger partial charge is 0.494 e. The fraction of sp³-hybridized carbons (Fsp3) is 0.650. The van der Waals surface area contributed by atoms with Crippen LogP contribution in [0.5, 0.6) is 5.75 Å². The molecule has 138 valence electrons. The van der Waals surface area contributed by atoms with Gasteiger partial charge in [-0.1, -0.05) is 31.4 Å². The summed E-state index contributed by atoms with van der Waals surface area (Å²) in [7, 11) is 0. The second-order valence-corrected chi connectivity index (χ2v) is 7.36. The molecule has 25 heavy (non-hydrogen) atoms. The van der Waals surface area contributed by atoms with E-state index in [9.17, 15) is 4.79 Å². The Labute approximate surface area is 151 Å². The molecule has 1 aromatic rings. The fourth-order valence-corrected chi connectivity index (χ4v) is 3.94. The first-order valence-corrected chi connectivity index (χ1v) is 9.63. The number of hydrogen-bond acceptors (Lipinski definition) is 4. The lowest BCUT2D eigenvalue weighted by atomic mass is 9.81. The molecule has 0 unspecified atom stereocenters. The van der Waals surface area contributed by atoms with E-state index in [0.717, 1.165) is 64.2 Å². The topological polar surface area (TPSA) is 58.8 Å². The molecular weight excluding hydrogens is 314 g/mol. The van der Waals surface area contributed by atoms with Gasteiger partial charge >= 0.3 is 0 Å². The van der Waals surface area contributed by atoms with E-state index in [1.807, 2.05) is 24.0 Å². The van der Waals surface area contributed by atoms with E-state index < -0.39 is 5.54 Å². The Morgan fingerprint density at radius 2 is 1.72 bits per heavy atom. The van der Waals surface area contributed by atoms with Crippen molar-refractivity contribution in [3.05, 3.63) is 29.8 Å². The van der Waals surface area contributed by atoms with Gasteiger partial charge in [0, 0.05) is 32.7 Å². The van der Waals surface area contributed by atoms with Gasteiger partial charge < -0.3 is 15.4 Å². The molecule has 0 radical (unpaired) electrons. The van der Waals surface area contributed by atoms with Crippen LogP contribution >= 0.6 is 0 Å². The number of ether oxygens (including phenoxy) is 1. The Morgan fingerprint density at radius 3 is 2.32 bits per heavy atom. The maximum Gasteiger partial charge on any atom is 0.242 e. The first-order valence-electron chi connectivity index (χ1n) is 9.63. The summed E-state index contributed by atoms with van der Waals surface area (Å²) < 4.78 is 5.49. The molecule has 0 spiro atoms. The minimum absolute atomic E-state index is 0.174. The highest BCUT2D eigenvalue weighted by atomic mass is 16.5. The number of benzene rings is 1. The highest BCUT2D eigenvalue weighted by Crippen LogP contribution is 2.28. The number of hydrogen-bond donors (Lipinski definition) is 1. The third kappa shape index (κ3) is 4.53. The fourth-order valence-electron chi connectivity index (χ4n) is 3.94. The predicted molar refractivity (Wildman–Crippen MR) is 99.5 cm³/mol. The summed E-state index contributed by atoms with van der Waals surface area (Å²) in [5.74, 6) is 1.09. The number of carbonyl (C=O) groups is 1. The Hall–Kier alpha value is -1.59. The highest BCUT2D eigenvalue weighted by molar-refractivity contribution is 5.86. The molecule has 3 rings (SSSR count). The summed E-state index contributed by atoms with van der Waals surface area (Å²) in [5.41, 5.74) is 7.10. The SMILES string of the molecule is CCOc1ccc(CN2CCN(C(=O)C3(N)CCCCC3)CC2)cc1. The summed E-state index contributed by atoms with van der Waals surface area (Å²) >= 11 is 0. The highest BCUT2D eigenvalue weighted by Gasteiger charge is 2.39. The van der Waals surface area contributed by atoms with Crippen molar-refractivity contribution >= 4 is 5.91 Å². The van der Waals surface area contributed by atoms with Crippen LogP contribution in [-0.4, -0.2) is 54.0 Å². The van der Waals surface area contributed by atoms with E-state index in [0.29, 0.717) is 6.61 Å². The van der Waals surface area contributed by atoms with Gasteiger partial charge in [-0.15, -0.1) is 0 Å². The van der Waals surface area contributed by atoms with E-state index in [4.69, 9.17) is 10.5 Å². The Kier molecular flexibility index (Phi) is 5.97. The van der Waals surface area contributed by atoms with Gasteiger partial charge in [-0.05, 0) is 37.5 Å². The van der Waals surface area contributed by atoms with Crippen LogP contribution in [0.15, 0.2) is 24.3 Å². The first-order chi connectivity index (χ1) is 12.1. The molecule has 0 bridgehead atoms. The Balaban J connectivity index is 1.49. The van der Waals surface area contributed by atoms with Gasteiger partial charge in [0.05, 0.1) is 12.1 Å². The third-order valence-electron chi connectivity index (χ3n) is 5.47. The molecule has 1 saturated carbocycles. The molecule has 2 N–H and O–H groups in total. The molecule has 1 saturated heterocycles. The van der Waals surface area contributed by atoms with Crippen molar-refractivity contribution in [3.8, 4) is 5.75 Å². The van der Waals surface area contributed by atoms with Crippen molar-refractivity contribution < 1.29 is 9.53 Å². The molecule has 1 aromatic carbocycles. The number of carbonyl (C=O) groups excluding carboxylic acids is 1. The second kappa shape index (κ2) is 8.19. The maximum atomic E-state index is 12.8. The molecule has 2 aliphatic rings. The normalized spacial score (nSPS) is 21.1. The van der Waals surface area contributed by atoms with Crippen LogP contribution < -0.4 is 10.5 Å². The van der Waals surface area contributed by atoms with Gasteiger partial charge in [0.2, 0.25) is 5.91 Å². The quantitative estimate of drug-likeness (QED) is 0.890. The predicted octanol–water partition coefficient (Wildman–Crippen LogP) is 2.39. The summed E-state index contributed by atoms with van der Waals surface area (Å²) in [6, 6.07) is 8.30. The van der Waals surface area contributed by atoms with Crippen LogP contribution in [0.25, 0.3) is 0 Å². The smallest absolute Gasteiger partial charge is 0.242 e. The number of rotatable bonds is 5. The van der Waals surface area contributed by atoms with E-state index >= 15 is 0 Å². The van der Waals surface area contributed by atoms with Crippen molar-refractivity contribution in [3.63, 3.8) is 0 Å². The first kappa shape index (κ1) is 18.2. The number of nitrogens with zero attached hydrogens (tertiary/aromatic N) is 2. The summed E-state index contributed by atoms with van der Waals surface area (Å²) in [6.07, 6.45) is 5.07. The van der Waals surface area contributed by atoms with Crippen LogP contribution in [0.2, 0.25) is 0 Å². The molecule has 0 atom stereocenters. The van der Waals surface area contributed by atoms with Crippen molar-refractivity contribution in [2.24, 2.45) is 5.73 Å². The van der Waals surface area contributed by atoms with Gasteiger partial charge in [-0.2, -0.15) is 0 Å². The van der Waals surface area contributed by atoms with Crippen LogP contribution in [-0.2, 0) is 11.3 Å². The minimum Gasteiger partial charge on any atom is -0.494 e. The van der Waals surface area contributed by atoms with Gasteiger partial charge in [-0.3, -0.25) is 9.69 Å². The molecule has 1 aliphatic carbocycles. The molecular formula is C20H31N3O2. The maximum absolute atomic E-state index is 12.8. The molecule has 1 aliphatic heterocycles. The minimum atomic E-state index is -0.602. The Bertz CT molecular complexity index is 559. The van der Waals surface area contributed by atoms with Crippen LogP contribution in [0, 0.1) is 0 Å². The monoisotopic (exact) mass is 345 g/mol. The average molecular weight is 345 g/mol. The zero-order chi connectivity index (χ0) is 17.7. The summed E-state index contributed by atoms with van der Waals surface area (Å²) in [5, 5.41) is 0. The zero-order valence-corrected chi connectivity index (χ0v) is 15.4. The van der Waals surface area contributed by atoms with E-state index in [2.05, 4.69) is 17.0 Å². The van der Waals surface area contributed by atoms with Crippen LogP contribution in [0.1, 0.15) is 44.6 Å². The summed E-state index contributed by atoms with van der Waals surface area (Å²) in [4.78, 5) is 17.2. The molecule has 1 heterocycles. The van der Waals surface area contributed by atoms with Crippen molar-refractivity contribution in [2.45, 2.75) is 51.1 Å². The average Bonchev–Trinajstić information content (AvgIpc) is 2.64. The molecule has 1 amide bonds. The van der Waals surface area contributed by atoms with Crippen LogP contribution in [0.3, 0.4) is 0 Å². The van der Waals surface area contributed by atoms with Crippen molar-refractivity contribution in [1.82, 2.24) is 9.80 Å². The number of amides is 1. The van der Waals surface area contributed by atoms with Gasteiger partial charge in [0.15, 0.2) is 0 Å².